The second-order valence-corrected chi connectivity index (χ2v) is 12.1. The Kier molecular flexibility index (Phi) is 7.16. The van der Waals surface area contributed by atoms with Gasteiger partial charge in [-0.25, -0.2) is 0 Å². The molecule has 0 aliphatic heterocycles. The zero-order chi connectivity index (χ0) is 30.0. The Hall–Kier alpha value is -3.81. The second-order valence-electron chi connectivity index (χ2n) is 12.1. The van der Waals surface area contributed by atoms with E-state index in [-0.39, 0.29) is 35.6 Å². The van der Waals surface area contributed by atoms with Crippen LogP contribution in [0.15, 0.2) is 23.0 Å². The minimum Gasteiger partial charge on any atom is -0.508 e. The fraction of sp³-hybridized carbons (Fsp3) is 0.516. The van der Waals surface area contributed by atoms with Crippen LogP contribution in [0.3, 0.4) is 0 Å². The largest absolute Gasteiger partial charge is 0.508 e. The number of primary amides is 1. The molecule has 10 nitrogen and oxygen atoms in total. The third-order valence-electron chi connectivity index (χ3n) is 9.20. The van der Waals surface area contributed by atoms with E-state index < -0.39 is 58.0 Å². The average Bonchev–Trinajstić information content (AvgIpc) is 2.90. The lowest BCUT2D eigenvalue weighted by Crippen LogP contribution is -2.65. The van der Waals surface area contributed by atoms with Gasteiger partial charge in [-0.1, -0.05) is 31.1 Å². The summed E-state index contributed by atoms with van der Waals surface area (Å²) in [5.74, 6) is -0.0958. The van der Waals surface area contributed by atoms with E-state index >= 15 is 0 Å². The number of nitrogens with zero attached hydrogens (tertiary/aromatic N) is 2. The lowest BCUT2D eigenvalue weighted by Gasteiger charge is -2.50. The molecule has 41 heavy (non-hydrogen) atoms. The number of hydrogen-bond acceptors (Lipinski definition) is 9. The van der Waals surface area contributed by atoms with Crippen LogP contribution in [-0.2, 0) is 20.8 Å². The molecule has 0 spiro atoms. The lowest BCUT2D eigenvalue weighted by atomic mass is 9.57. The zero-order valence-corrected chi connectivity index (χ0v) is 23.8. The SMILES string of the molecule is CN(C)c1cc(C#CC2CCCCC2)c(O)c2c1C[C@H]1C[C@H]3[C@H](N(C)C)C(=O)C(C(N)=O)=C(O)[C@@]3(O)C(=O)C1=C2O. The first kappa shape index (κ1) is 28.7. The lowest BCUT2D eigenvalue weighted by molar-refractivity contribution is -0.153. The molecule has 4 atom stereocenters. The molecule has 0 heterocycles. The standard InChI is InChI=1S/C31H37N3O7/c1-33(2)20-14-16(11-10-15-8-6-5-7-9-15)25(35)22-18(20)12-17-13-19-24(34(3)4)27(37)23(30(32)40)29(39)31(19,41)28(38)21(17)26(22)36/h14-15,17,19,24,35-36,39,41H,5-9,12-13H2,1-4H3,(H2,32,40)/t17-,19-,24-,31-/m0/s1. The van der Waals surface area contributed by atoms with Crippen molar-refractivity contribution in [3.63, 3.8) is 0 Å². The molecule has 0 saturated heterocycles. The van der Waals surface area contributed by atoms with Gasteiger partial charge < -0.3 is 31.1 Å². The molecule has 6 N–H and O–H groups in total. The molecule has 5 rings (SSSR count). The van der Waals surface area contributed by atoms with E-state index in [1.54, 1.807) is 20.2 Å². The summed E-state index contributed by atoms with van der Waals surface area (Å²) in [6.45, 7) is 0. The number of benzene rings is 1. The number of phenols is 1. The van der Waals surface area contributed by atoms with Gasteiger partial charge in [0.15, 0.2) is 11.4 Å². The highest BCUT2D eigenvalue weighted by Crippen LogP contribution is 2.54. The van der Waals surface area contributed by atoms with Gasteiger partial charge in [-0.3, -0.25) is 19.3 Å². The van der Waals surface area contributed by atoms with Crippen molar-refractivity contribution < 1.29 is 34.8 Å². The number of rotatable bonds is 3. The van der Waals surface area contributed by atoms with Crippen molar-refractivity contribution in [3.05, 3.63) is 39.7 Å². The molecule has 1 amide bonds. The highest BCUT2D eigenvalue weighted by atomic mass is 16.3. The molecule has 2 fully saturated rings. The normalized spacial score (nSPS) is 28.1. The van der Waals surface area contributed by atoms with Crippen LogP contribution in [0.4, 0.5) is 5.69 Å². The maximum atomic E-state index is 14.1. The molecule has 1 aromatic carbocycles. The Labute approximate surface area is 239 Å². The predicted molar refractivity (Wildman–Crippen MR) is 152 cm³/mol. The van der Waals surface area contributed by atoms with Gasteiger partial charge in [0.05, 0.1) is 17.2 Å². The summed E-state index contributed by atoms with van der Waals surface area (Å²) in [6.07, 6.45) is 5.66. The van der Waals surface area contributed by atoms with E-state index in [9.17, 15) is 34.8 Å². The van der Waals surface area contributed by atoms with Gasteiger partial charge in [0.25, 0.3) is 5.91 Å². The minimum absolute atomic E-state index is 0.0443. The summed E-state index contributed by atoms with van der Waals surface area (Å²) < 4.78 is 0. The molecule has 10 heteroatoms. The molecule has 0 aromatic heterocycles. The molecule has 0 bridgehead atoms. The second kappa shape index (κ2) is 10.2. The number of anilines is 1. The summed E-state index contributed by atoms with van der Waals surface area (Å²) in [7, 11) is 6.82. The number of hydrogen-bond donors (Lipinski definition) is 5. The van der Waals surface area contributed by atoms with Crippen LogP contribution in [-0.4, -0.2) is 82.6 Å². The van der Waals surface area contributed by atoms with Crippen molar-refractivity contribution in [2.45, 2.75) is 56.6 Å². The molecular formula is C31H37N3O7. The number of carbonyl (C=O) groups excluding carboxylic acids is 3. The number of carbonyl (C=O) groups is 3. The fourth-order valence-corrected chi connectivity index (χ4v) is 7.21. The molecule has 4 aliphatic rings. The van der Waals surface area contributed by atoms with E-state index in [1.165, 1.54) is 11.3 Å². The van der Waals surface area contributed by atoms with E-state index in [0.29, 0.717) is 16.8 Å². The first-order valence-corrected chi connectivity index (χ1v) is 14.0. The van der Waals surface area contributed by atoms with Crippen LogP contribution < -0.4 is 10.6 Å². The Morgan fingerprint density at radius 2 is 1.73 bits per heavy atom. The maximum absolute atomic E-state index is 14.1. The minimum atomic E-state index is -2.66. The third-order valence-corrected chi connectivity index (χ3v) is 9.20. The Bertz CT molecular complexity index is 1470. The van der Waals surface area contributed by atoms with E-state index in [0.717, 1.165) is 25.7 Å². The number of likely N-dealkylation sites (N-methyl/N-ethyl adjacent to an activating group) is 1. The van der Waals surface area contributed by atoms with Crippen LogP contribution in [0.25, 0.3) is 5.76 Å². The first-order chi connectivity index (χ1) is 19.3. The summed E-state index contributed by atoms with van der Waals surface area (Å²) in [6, 6.07) is 0.663. The number of nitrogens with two attached hydrogens (primary N) is 1. The van der Waals surface area contributed by atoms with Crippen LogP contribution in [0.1, 0.15) is 55.2 Å². The van der Waals surface area contributed by atoms with Gasteiger partial charge >= 0.3 is 0 Å². The van der Waals surface area contributed by atoms with Crippen LogP contribution in [0.2, 0.25) is 0 Å². The van der Waals surface area contributed by atoms with Gasteiger partial charge in [0.1, 0.15) is 22.8 Å². The highest BCUT2D eigenvalue weighted by Gasteiger charge is 2.64. The van der Waals surface area contributed by atoms with Gasteiger partial charge in [0, 0.05) is 37.2 Å². The number of phenolic OH excluding ortho intramolecular Hbond substituents is 1. The number of aliphatic hydroxyl groups excluding tert-OH is 2. The number of ketones is 2. The molecule has 1 aromatic rings. The number of aromatic hydroxyl groups is 1. The van der Waals surface area contributed by atoms with E-state index in [2.05, 4.69) is 11.8 Å². The quantitative estimate of drug-likeness (QED) is 0.273. The van der Waals surface area contributed by atoms with Crippen molar-refractivity contribution in [3.8, 4) is 17.6 Å². The first-order valence-electron chi connectivity index (χ1n) is 14.0. The molecule has 2 saturated carbocycles. The summed E-state index contributed by atoms with van der Waals surface area (Å²) in [5, 5.41) is 45.8. The van der Waals surface area contributed by atoms with Gasteiger partial charge in [-0.05, 0) is 57.3 Å². The van der Waals surface area contributed by atoms with Crippen LogP contribution >= 0.6 is 0 Å². The van der Waals surface area contributed by atoms with Gasteiger partial charge in [-0.2, -0.15) is 0 Å². The number of fused-ring (bicyclic) bond motifs is 3. The van der Waals surface area contributed by atoms with Crippen molar-refractivity contribution in [1.29, 1.82) is 0 Å². The fourth-order valence-electron chi connectivity index (χ4n) is 7.21. The van der Waals surface area contributed by atoms with Crippen molar-refractivity contribution >= 4 is 28.9 Å². The smallest absolute Gasteiger partial charge is 0.255 e. The third kappa shape index (κ3) is 4.30. The number of aliphatic hydroxyl groups is 3. The van der Waals surface area contributed by atoms with Gasteiger partial charge in [0.2, 0.25) is 5.78 Å². The average molecular weight is 564 g/mol. The van der Waals surface area contributed by atoms with Gasteiger partial charge in [-0.15, -0.1) is 0 Å². The number of Topliss-reactive ketones (excluding diaryl/α,β-unsaturated/α-hetero) is 2. The Morgan fingerprint density at radius 3 is 2.32 bits per heavy atom. The van der Waals surface area contributed by atoms with Crippen molar-refractivity contribution in [1.82, 2.24) is 4.90 Å². The van der Waals surface area contributed by atoms with Crippen molar-refractivity contribution in [2.24, 2.45) is 23.5 Å². The molecule has 0 unspecified atom stereocenters. The van der Waals surface area contributed by atoms with E-state index in [4.69, 9.17) is 5.73 Å². The number of amides is 1. The molecule has 0 radical (unpaired) electrons. The van der Waals surface area contributed by atoms with Crippen LogP contribution in [0, 0.1) is 29.6 Å². The van der Waals surface area contributed by atoms with E-state index in [1.807, 2.05) is 19.0 Å². The Balaban J connectivity index is 1.70. The topological polar surface area (TPSA) is 165 Å². The molecule has 4 aliphatic carbocycles. The summed E-state index contributed by atoms with van der Waals surface area (Å²) >= 11 is 0. The zero-order valence-electron chi connectivity index (χ0n) is 23.8. The summed E-state index contributed by atoms with van der Waals surface area (Å²) in [5.41, 5.74) is 3.43. The summed E-state index contributed by atoms with van der Waals surface area (Å²) in [4.78, 5) is 42.8. The van der Waals surface area contributed by atoms with Crippen LogP contribution in [0.5, 0.6) is 5.75 Å². The Morgan fingerprint density at radius 1 is 1.07 bits per heavy atom. The van der Waals surface area contributed by atoms with Crippen molar-refractivity contribution in [2.75, 3.05) is 33.1 Å². The molecule has 218 valence electrons. The monoisotopic (exact) mass is 563 g/mol. The predicted octanol–water partition coefficient (Wildman–Crippen LogP) is 1.96. The highest BCUT2D eigenvalue weighted by molar-refractivity contribution is 6.24. The molecular weight excluding hydrogens is 526 g/mol. The maximum Gasteiger partial charge on any atom is 0.255 e.